The molecule has 2 aromatic carbocycles. The minimum Gasteiger partial charge on any atom is -0.504 e. The number of phenols is 2. The summed E-state index contributed by atoms with van der Waals surface area (Å²) in [6.45, 7) is 2.35. The number of carbonyl (C=O) groups excluding carboxylic acids is 1. The van der Waals surface area contributed by atoms with E-state index in [1.807, 2.05) is 19.1 Å². The van der Waals surface area contributed by atoms with Crippen LogP contribution in [0.1, 0.15) is 21.5 Å². The Morgan fingerprint density at radius 3 is 2.57 bits per heavy atom. The molecule has 2 rings (SSSR count). The summed E-state index contributed by atoms with van der Waals surface area (Å²) >= 11 is 0. The average molecular weight is 286 g/mol. The summed E-state index contributed by atoms with van der Waals surface area (Å²) < 4.78 is 0. The van der Waals surface area contributed by atoms with E-state index in [2.05, 4.69) is 10.6 Å². The Kier molecular flexibility index (Phi) is 4.33. The Balaban J connectivity index is 2.16. The van der Waals surface area contributed by atoms with Crippen molar-refractivity contribution in [2.45, 2.75) is 13.5 Å². The van der Waals surface area contributed by atoms with E-state index in [0.717, 1.165) is 16.8 Å². The number of rotatable bonds is 4. The standard InChI is InChI=1S/C16H18N2O3/c1-10-12(16(21)17-2)4-3-5-13(10)18-9-11-6-7-14(19)15(20)8-11/h3-8,18-20H,9H2,1-2H3,(H,17,21). The minimum absolute atomic E-state index is 0.126. The summed E-state index contributed by atoms with van der Waals surface area (Å²) in [5.41, 5.74) is 3.16. The Labute approximate surface area is 123 Å². The molecule has 0 aliphatic carbocycles. The zero-order chi connectivity index (χ0) is 15.4. The van der Waals surface area contributed by atoms with Crippen molar-refractivity contribution in [3.05, 3.63) is 53.1 Å². The van der Waals surface area contributed by atoms with E-state index in [-0.39, 0.29) is 17.4 Å². The highest BCUT2D eigenvalue weighted by Crippen LogP contribution is 2.26. The molecule has 0 unspecified atom stereocenters. The normalized spacial score (nSPS) is 10.2. The van der Waals surface area contributed by atoms with E-state index in [4.69, 9.17) is 0 Å². The molecule has 0 fully saturated rings. The van der Waals surface area contributed by atoms with E-state index >= 15 is 0 Å². The van der Waals surface area contributed by atoms with Gasteiger partial charge in [-0.25, -0.2) is 0 Å². The summed E-state index contributed by atoms with van der Waals surface area (Å²) in [6, 6.07) is 10.1. The van der Waals surface area contributed by atoms with Crippen LogP contribution >= 0.6 is 0 Å². The monoisotopic (exact) mass is 286 g/mol. The van der Waals surface area contributed by atoms with Crippen molar-refractivity contribution in [1.29, 1.82) is 0 Å². The third kappa shape index (κ3) is 3.25. The number of benzene rings is 2. The third-order valence-electron chi connectivity index (χ3n) is 3.33. The maximum Gasteiger partial charge on any atom is 0.251 e. The number of anilines is 1. The number of carbonyl (C=O) groups is 1. The number of nitrogens with one attached hydrogen (secondary N) is 2. The molecule has 0 radical (unpaired) electrons. The van der Waals surface area contributed by atoms with Crippen molar-refractivity contribution in [3.8, 4) is 11.5 Å². The highest BCUT2D eigenvalue weighted by atomic mass is 16.3. The van der Waals surface area contributed by atoms with Crippen molar-refractivity contribution >= 4 is 11.6 Å². The van der Waals surface area contributed by atoms with Crippen LogP contribution in [0.15, 0.2) is 36.4 Å². The average Bonchev–Trinajstić information content (AvgIpc) is 2.49. The van der Waals surface area contributed by atoms with Gasteiger partial charge in [0.15, 0.2) is 11.5 Å². The molecule has 0 bridgehead atoms. The van der Waals surface area contributed by atoms with Crippen LogP contribution in [0.3, 0.4) is 0 Å². The summed E-state index contributed by atoms with van der Waals surface area (Å²) in [6.07, 6.45) is 0. The second-order valence-corrected chi connectivity index (χ2v) is 4.73. The third-order valence-corrected chi connectivity index (χ3v) is 3.33. The smallest absolute Gasteiger partial charge is 0.251 e. The molecule has 5 heteroatoms. The SMILES string of the molecule is CNC(=O)c1cccc(NCc2ccc(O)c(O)c2)c1C. The lowest BCUT2D eigenvalue weighted by Gasteiger charge is -2.13. The predicted octanol–water partition coefficient (Wildman–Crippen LogP) is 2.38. The van der Waals surface area contributed by atoms with Crippen molar-refractivity contribution in [2.75, 3.05) is 12.4 Å². The van der Waals surface area contributed by atoms with Crippen molar-refractivity contribution in [1.82, 2.24) is 5.32 Å². The van der Waals surface area contributed by atoms with Crippen LogP contribution in [-0.2, 0) is 6.54 Å². The van der Waals surface area contributed by atoms with Gasteiger partial charge in [0.25, 0.3) is 5.91 Å². The molecular weight excluding hydrogens is 268 g/mol. The largest absolute Gasteiger partial charge is 0.504 e. The molecule has 110 valence electrons. The van der Waals surface area contributed by atoms with E-state index in [9.17, 15) is 15.0 Å². The molecule has 0 aliphatic rings. The molecule has 0 aromatic heterocycles. The van der Waals surface area contributed by atoms with E-state index in [1.54, 1.807) is 19.2 Å². The molecule has 21 heavy (non-hydrogen) atoms. The fourth-order valence-electron chi connectivity index (χ4n) is 2.08. The van der Waals surface area contributed by atoms with Crippen LogP contribution in [0, 0.1) is 6.92 Å². The Hall–Kier alpha value is -2.69. The number of hydrogen-bond acceptors (Lipinski definition) is 4. The number of phenolic OH excluding ortho intramolecular Hbond substituents is 2. The molecule has 0 heterocycles. The summed E-state index contributed by atoms with van der Waals surface area (Å²) in [4.78, 5) is 11.7. The fourth-order valence-corrected chi connectivity index (χ4v) is 2.08. The van der Waals surface area contributed by atoms with Crippen LogP contribution in [-0.4, -0.2) is 23.2 Å². The molecule has 0 aliphatic heterocycles. The Morgan fingerprint density at radius 1 is 1.14 bits per heavy atom. The first-order valence-corrected chi connectivity index (χ1v) is 6.59. The minimum atomic E-state index is -0.148. The lowest BCUT2D eigenvalue weighted by Crippen LogP contribution is -2.19. The maximum absolute atomic E-state index is 11.7. The first-order chi connectivity index (χ1) is 10.0. The lowest BCUT2D eigenvalue weighted by molar-refractivity contribution is 0.0962. The quantitative estimate of drug-likeness (QED) is 0.650. The Bertz CT molecular complexity index is 669. The highest BCUT2D eigenvalue weighted by molar-refractivity contribution is 5.96. The zero-order valence-corrected chi connectivity index (χ0v) is 12.0. The van der Waals surface area contributed by atoms with Crippen molar-refractivity contribution < 1.29 is 15.0 Å². The molecule has 0 saturated heterocycles. The predicted molar refractivity (Wildman–Crippen MR) is 81.7 cm³/mol. The van der Waals surface area contributed by atoms with Gasteiger partial charge in [0.1, 0.15) is 0 Å². The molecule has 5 nitrogen and oxygen atoms in total. The number of hydrogen-bond donors (Lipinski definition) is 4. The maximum atomic E-state index is 11.7. The van der Waals surface area contributed by atoms with Crippen LogP contribution < -0.4 is 10.6 Å². The van der Waals surface area contributed by atoms with E-state index in [0.29, 0.717) is 12.1 Å². The highest BCUT2D eigenvalue weighted by Gasteiger charge is 2.10. The molecule has 2 aromatic rings. The van der Waals surface area contributed by atoms with Gasteiger partial charge in [-0.1, -0.05) is 12.1 Å². The van der Waals surface area contributed by atoms with Gasteiger partial charge < -0.3 is 20.8 Å². The van der Waals surface area contributed by atoms with Gasteiger partial charge in [0.2, 0.25) is 0 Å². The summed E-state index contributed by atoms with van der Waals surface area (Å²) in [7, 11) is 1.60. The van der Waals surface area contributed by atoms with Crippen LogP contribution in [0.4, 0.5) is 5.69 Å². The molecule has 0 atom stereocenters. The van der Waals surface area contributed by atoms with Crippen molar-refractivity contribution in [3.63, 3.8) is 0 Å². The summed E-state index contributed by atoms with van der Waals surface area (Å²) in [5.74, 6) is -0.417. The number of aromatic hydroxyl groups is 2. The van der Waals surface area contributed by atoms with Crippen molar-refractivity contribution in [2.24, 2.45) is 0 Å². The lowest BCUT2D eigenvalue weighted by atomic mass is 10.1. The second kappa shape index (κ2) is 6.17. The zero-order valence-electron chi connectivity index (χ0n) is 12.0. The molecule has 1 amide bonds. The number of amides is 1. The van der Waals surface area contributed by atoms with Crippen LogP contribution in [0.5, 0.6) is 11.5 Å². The van der Waals surface area contributed by atoms with E-state index < -0.39 is 0 Å². The first-order valence-electron chi connectivity index (χ1n) is 6.59. The molecule has 0 saturated carbocycles. The van der Waals surface area contributed by atoms with Gasteiger partial charge in [-0.2, -0.15) is 0 Å². The van der Waals surface area contributed by atoms with E-state index in [1.165, 1.54) is 12.1 Å². The summed E-state index contributed by atoms with van der Waals surface area (Å²) in [5, 5.41) is 24.6. The van der Waals surface area contributed by atoms with Gasteiger partial charge in [-0.05, 0) is 42.3 Å². The van der Waals surface area contributed by atoms with Gasteiger partial charge in [-0.3, -0.25) is 4.79 Å². The molecule has 4 N–H and O–H groups in total. The van der Waals surface area contributed by atoms with Gasteiger partial charge >= 0.3 is 0 Å². The molecular formula is C16H18N2O3. The Morgan fingerprint density at radius 2 is 1.90 bits per heavy atom. The van der Waals surface area contributed by atoms with Crippen LogP contribution in [0.2, 0.25) is 0 Å². The first kappa shape index (κ1) is 14.7. The van der Waals surface area contributed by atoms with Gasteiger partial charge in [0.05, 0.1) is 0 Å². The van der Waals surface area contributed by atoms with Crippen LogP contribution in [0.25, 0.3) is 0 Å². The second-order valence-electron chi connectivity index (χ2n) is 4.73. The van der Waals surface area contributed by atoms with Gasteiger partial charge in [0, 0.05) is 24.8 Å². The topological polar surface area (TPSA) is 81.6 Å². The fraction of sp³-hybridized carbons (Fsp3) is 0.188. The van der Waals surface area contributed by atoms with Gasteiger partial charge in [-0.15, -0.1) is 0 Å². The molecule has 0 spiro atoms.